The Kier molecular flexibility index (Phi) is 13.6. The predicted molar refractivity (Wildman–Crippen MR) is 93.2 cm³/mol. The van der Waals surface area contributed by atoms with Crippen molar-refractivity contribution in [2.75, 3.05) is 13.2 Å². The molecule has 0 rings (SSSR count). The first kappa shape index (κ1) is 24.3. The molecule has 152 valence electrons. The van der Waals surface area contributed by atoms with Crippen LogP contribution in [0, 0.1) is 0 Å². The summed E-state index contributed by atoms with van der Waals surface area (Å²) in [6, 6.07) is 0. The lowest BCUT2D eigenvalue weighted by Crippen LogP contribution is -2.30. The summed E-state index contributed by atoms with van der Waals surface area (Å²) in [4.78, 5) is 33.5. The molecule has 0 aromatic heterocycles. The lowest BCUT2D eigenvalue weighted by molar-refractivity contribution is -0.165. The standard InChI is InChI=1S/C18H32O8/c1-4-7-15(21)8-5-6-9-16(22)10-18(23)25-12-17(26-14(3)20)11-24-13(2)19/h15-17,21-22H,4-12H2,1-3H3. The van der Waals surface area contributed by atoms with Gasteiger partial charge in [-0.05, 0) is 19.3 Å². The Morgan fingerprint density at radius 1 is 0.846 bits per heavy atom. The molecule has 0 aliphatic heterocycles. The second kappa shape index (κ2) is 14.5. The van der Waals surface area contributed by atoms with Crippen molar-refractivity contribution >= 4 is 17.9 Å². The Balaban J connectivity index is 4.01. The Morgan fingerprint density at radius 2 is 1.42 bits per heavy atom. The third kappa shape index (κ3) is 14.7. The number of hydrogen-bond donors (Lipinski definition) is 2. The van der Waals surface area contributed by atoms with Crippen molar-refractivity contribution in [3.05, 3.63) is 0 Å². The monoisotopic (exact) mass is 376 g/mol. The second-order valence-corrected chi connectivity index (χ2v) is 6.30. The van der Waals surface area contributed by atoms with E-state index in [2.05, 4.69) is 0 Å². The summed E-state index contributed by atoms with van der Waals surface area (Å²) in [5.74, 6) is -1.74. The zero-order chi connectivity index (χ0) is 19.9. The fourth-order valence-corrected chi connectivity index (χ4v) is 2.34. The van der Waals surface area contributed by atoms with Crippen LogP contribution in [-0.2, 0) is 28.6 Å². The number of ether oxygens (including phenoxy) is 3. The Bertz CT molecular complexity index is 423. The van der Waals surface area contributed by atoms with E-state index in [1.54, 1.807) is 0 Å². The average Bonchev–Trinajstić information content (AvgIpc) is 2.54. The maximum Gasteiger partial charge on any atom is 0.308 e. The van der Waals surface area contributed by atoms with Crippen molar-refractivity contribution in [3.8, 4) is 0 Å². The number of unbranched alkanes of at least 4 members (excludes halogenated alkanes) is 1. The summed E-state index contributed by atoms with van der Waals surface area (Å²) in [6.07, 6.45) is 2.13. The second-order valence-electron chi connectivity index (χ2n) is 6.30. The number of esters is 3. The Labute approximate surface area is 154 Å². The molecule has 3 unspecified atom stereocenters. The van der Waals surface area contributed by atoms with E-state index in [-0.39, 0.29) is 25.7 Å². The molecule has 0 radical (unpaired) electrons. The van der Waals surface area contributed by atoms with Crippen LogP contribution in [-0.4, -0.2) is 59.6 Å². The summed E-state index contributed by atoms with van der Waals surface area (Å²) >= 11 is 0. The number of aliphatic hydroxyl groups excluding tert-OH is 2. The number of carbonyl (C=O) groups excluding carboxylic acids is 3. The SMILES string of the molecule is CCCC(O)CCCCC(O)CC(=O)OCC(COC(C)=O)OC(C)=O. The zero-order valence-corrected chi connectivity index (χ0v) is 15.9. The number of carbonyl (C=O) groups is 3. The predicted octanol–water partition coefficient (Wildman–Crippen LogP) is 1.50. The van der Waals surface area contributed by atoms with Gasteiger partial charge >= 0.3 is 17.9 Å². The van der Waals surface area contributed by atoms with E-state index >= 15 is 0 Å². The van der Waals surface area contributed by atoms with Crippen LogP contribution in [0.25, 0.3) is 0 Å². The van der Waals surface area contributed by atoms with Crippen molar-refractivity contribution in [2.45, 2.75) is 84.0 Å². The third-order valence-electron chi connectivity index (χ3n) is 3.58. The molecule has 8 nitrogen and oxygen atoms in total. The molecule has 0 bridgehead atoms. The summed E-state index contributed by atoms with van der Waals surface area (Å²) in [6.45, 7) is 3.97. The summed E-state index contributed by atoms with van der Waals surface area (Å²) in [5, 5.41) is 19.5. The molecule has 0 spiro atoms. The van der Waals surface area contributed by atoms with Crippen LogP contribution in [0.1, 0.15) is 65.7 Å². The van der Waals surface area contributed by atoms with Crippen LogP contribution >= 0.6 is 0 Å². The number of hydrogen-bond acceptors (Lipinski definition) is 8. The van der Waals surface area contributed by atoms with Crippen molar-refractivity contribution < 1.29 is 38.8 Å². The largest absolute Gasteiger partial charge is 0.462 e. The van der Waals surface area contributed by atoms with E-state index in [0.717, 1.165) is 19.3 Å². The van der Waals surface area contributed by atoms with Gasteiger partial charge < -0.3 is 24.4 Å². The highest BCUT2D eigenvalue weighted by Gasteiger charge is 2.18. The molecule has 0 aromatic rings. The van der Waals surface area contributed by atoms with Gasteiger partial charge in [0.05, 0.1) is 18.6 Å². The summed E-state index contributed by atoms with van der Waals surface area (Å²) in [7, 11) is 0. The van der Waals surface area contributed by atoms with Gasteiger partial charge in [-0.3, -0.25) is 14.4 Å². The van der Waals surface area contributed by atoms with Gasteiger partial charge in [0.25, 0.3) is 0 Å². The lowest BCUT2D eigenvalue weighted by atomic mass is 10.0. The first-order valence-corrected chi connectivity index (χ1v) is 9.06. The zero-order valence-electron chi connectivity index (χ0n) is 15.9. The molecular formula is C18H32O8. The van der Waals surface area contributed by atoms with Gasteiger partial charge in [-0.2, -0.15) is 0 Å². The van der Waals surface area contributed by atoms with Crippen molar-refractivity contribution in [2.24, 2.45) is 0 Å². The van der Waals surface area contributed by atoms with Crippen LogP contribution in [0.2, 0.25) is 0 Å². The summed E-state index contributed by atoms with van der Waals surface area (Å²) in [5.41, 5.74) is 0. The molecule has 0 heterocycles. The van der Waals surface area contributed by atoms with Gasteiger partial charge in [0.15, 0.2) is 6.10 Å². The van der Waals surface area contributed by atoms with Gasteiger partial charge in [0, 0.05) is 13.8 Å². The molecule has 0 aliphatic rings. The van der Waals surface area contributed by atoms with Gasteiger partial charge in [-0.15, -0.1) is 0 Å². The molecule has 8 heteroatoms. The Hall–Kier alpha value is -1.67. The van der Waals surface area contributed by atoms with Gasteiger partial charge in [-0.25, -0.2) is 0 Å². The van der Waals surface area contributed by atoms with E-state index in [1.807, 2.05) is 6.92 Å². The van der Waals surface area contributed by atoms with E-state index in [1.165, 1.54) is 13.8 Å². The van der Waals surface area contributed by atoms with E-state index in [0.29, 0.717) is 19.3 Å². The highest BCUT2D eigenvalue weighted by molar-refractivity contribution is 5.70. The van der Waals surface area contributed by atoms with Crippen LogP contribution in [0.4, 0.5) is 0 Å². The molecular weight excluding hydrogens is 344 g/mol. The molecule has 3 atom stereocenters. The van der Waals surface area contributed by atoms with Crippen molar-refractivity contribution in [1.82, 2.24) is 0 Å². The molecule has 0 saturated heterocycles. The quantitative estimate of drug-likeness (QED) is 0.266. The molecule has 0 amide bonds. The van der Waals surface area contributed by atoms with Crippen LogP contribution in [0.3, 0.4) is 0 Å². The first-order valence-electron chi connectivity index (χ1n) is 9.06. The van der Waals surface area contributed by atoms with E-state index in [4.69, 9.17) is 14.2 Å². The van der Waals surface area contributed by atoms with Crippen molar-refractivity contribution in [3.63, 3.8) is 0 Å². The van der Waals surface area contributed by atoms with Gasteiger partial charge in [0.2, 0.25) is 0 Å². The van der Waals surface area contributed by atoms with Crippen molar-refractivity contribution in [1.29, 1.82) is 0 Å². The molecule has 0 aliphatic carbocycles. The summed E-state index contributed by atoms with van der Waals surface area (Å²) < 4.78 is 14.6. The molecule has 26 heavy (non-hydrogen) atoms. The minimum absolute atomic E-state index is 0.169. The maximum atomic E-state index is 11.7. The van der Waals surface area contributed by atoms with E-state index in [9.17, 15) is 24.6 Å². The molecule has 0 aromatic carbocycles. The fourth-order valence-electron chi connectivity index (χ4n) is 2.34. The lowest BCUT2D eigenvalue weighted by Gasteiger charge is -2.17. The van der Waals surface area contributed by atoms with Gasteiger partial charge in [-0.1, -0.05) is 26.2 Å². The molecule has 2 N–H and O–H groups in total. The third-order valence-corrected chi connectivity index (χ3v) is 3.58. The fraction of sp³-hybridized carbons (Fsp3) is 0.833. The Morgan fingerprint density at radius 3 is 1.96 bits per heavy atom. The van der Waals surface area contributed by atoms with Gasteiger partial charge in [0.1, 0.15) is 13.2 Å². The molecule has 0 fully saturated rings. The minimum atomic E-state index is -0.877. The van der Waals surface area contributed by atoms with Crippen LogP contribution in [0.15, 0.2) is 0 Å². The molecule has 0 saturated carbocycles. The highest BCUT2D eigenvalue weighted by atomic mass is 16.6. The number of rotatable bonds is 14. The smallest absolute Gasteiger partial charge is 0.308 e. The number of aliphatic hydroxyl groups is 2. The van der Waals surface area contributed by atoms with Crippen LogP contribution < -0.4 is 0 Å². The minimum Gasteiger partial charge on any atom is -0.462 e. The topological polar surface area (TPSA) is 119 Å². The maximum absolute atomic E-state index is 11.7. The highest BCUT2D eigenvalue weighted by Crippen LogP contribution is 2.11. The average molecular weight is 376 g/mol. The van der Waals surface area contributed by atoms with Crippen LogP contribution in [0.5, 0.6) is 0 Å². The normalized spacial score (nSPS) is 14.2. The first-order chi connectivity index (χ1) is 12.2. The van der Waals surface area contributed by atoms with E-state index < -0.39 is 30.1 Å².